The van der Waals surface area contributed by atoms with E-state index < -0.39 is 34.3 Å². The van der Waals surface area contributed by atoms with Crippen LogP contribution in [0.15, 0.2) is 76.9 Å². The van der Waals surface area contributed by atoms with Crippen LogP contribution in [-0.4, -0.2) is 35.3 Å². The summed E-state index contributed by atoms with van der Waals surface area (Å²) in [5.41, 5.74) is 1.23. The molecule has 0 saturated heterocycles. The maximum atomic E-state index is 13.5. The number of esters is 2. The molecule has 2 aromatic carbocycles. The minimum atomic E-state index is -0.982. The number of nitro groups is 1. The number of allylic oxidation sites excluding steroid dienone is 1. The lowest BCUT2D eigenvalue weighted by Gasteiger charge is -2.32. The summed E-state index contributed by atoms with van der Waals surface area (Å²) in [5, 5.41) is 11.4. The predicted molar refractivity (Wildman–Crippen MR) is 133 cm³/mol. The van der Waals surface area contributed by atoms with Gasteiger partial charge in [-0.15, -0.1) is 0 Å². The summed E-state index contributed by atoms with van der Waals surface area (Å²) in [6.07, 6.45) is 3.63. The van der Waals surface area contributed by atoms with Crippen molar-refractivity contribution in [2.75, 3.05) is 7.11 Å². The minimum absolute atomic E-state index is 0.150. The van der Waals surface area contributed by atoms with E-state index in [4.69, 9.17) is 9.47 Å². The number of aliphatic imine (C=N–C) groups is 1. The summed E-state index contributed by atoms with van der Waals surface area (Å²) in [5.74, 6) is -3.05. The SMILES string of the molecule is COC(=O)C1C(C)=NC(C)=C(C(=O)OC(C)(C)C=Cc2ccccc2)C1c1cccc([N+](=O)[O-])c1. The first kappa shape index (κ1) is 25.6. The Morgan fingerprint density at radius 1 is 1.09 bits per heavy atom. The fourth-order valence-corrected chi connectivity index (χ4v) is 4.12. The number of hydrogen-bond acceptors (Lipinski definition) is 7. The van der Waals surface area contributed by atoms with Crippen LogP contribution in [0.1, 0.15) is 44.7 Å². The number of carbonyl (C=O) groups is 2. The number of non-ortho nitro benzene ring substituents is 1. The summed E-state index contributed by atoms with van der Waals surface area (Å²) in [6.45, 7) is 6.82. The highest BCUT2D eigenvalue weighted by Crippen LogP contribution is 2.41. The van der Waals surface area contributed by atoms with Crippen molar-refractivity contribution in [2.45, 2.75) is 39.2 Å². The molecule has 0 radical (unpaired) electrons. The standard InChI is InChI=1S/C27H28N2O6/c1-17-22(25(30)34-5)24(20-12-9-13-21(16-20)29(32)33)23(18(2)28-17)26(31)35-27(3,4)15-14-19-10-7-6-8-11-19/h6-16,22,24H,1-5H3. The molecule has 2 unspecified atom stereocenters. The van der Waals surface area contributed by atoms with Crippen molar-refractivity contribution >= 4 is 29.4 Å². The molecule has 2 aromatic rings. The van der Waals surface area contributed by atoms with E-state index in [1.165, 1.54) is 25.3 Å². The van der Waals surface area contributed by atoms with Crippen LogP contribution in [0.25, 0.3) is 6.08 Å². The molecule has 0 fully saturated rings. The molecule has 2 atom stereocenters. The zero-order chi connectivity index (χ0) is 25.8. The number of rotatable bonds is 7. The van der Waals surface area contributed by atoms with Crippen molar-refractivity contribution in [1.29, 1.82) is 0 Å². The van der Waals surface area contributed by atoms with E-state index in [-0.39, 0.29) is 11.3 Å². The van der Waals surface area contributed by atoms with E-state index >= 15 is 0 Å². The summed E-state index contributed by atoms with van der Waals surface area (Å²) in [4.78, 5) is 41.6. The highest BCUT2D eigenvalue weighted by atomic mass is 16.6. The molecule has 0 spiro atoms. The first-order valence-corrected chi connectivity index (χ1v) is 11.1. The number of methoxy groups -OCH3 is 1. The van der Waals surface area contributed by atoms with Gasteiger partial charge in [-0.05, 0) is 44.9 Å². The molecule has 8 heteroatoms. The second-order valence-electron chi connectivity index (χ2n) is 8.82. The molecule has 3 rings (SSSR count). The predicted octanol–water partition coefficient (Wildman–Crippen LogP) is 5.25. The topological polar surface area (TPSA) is 108 Å². The first-order valence-electron chi connectivity index (χ1n) is 11.1. The molecular weight excluding hydrogens is 448 g/mol. The Kier molecular flexibility index (Phi) is 7.64. The van der Waals surface area contributed by atoms with Gasteiger partial charge in [-0.3, -0.25) is 19.9 Å². The Balaban J connectivity index is 2.03. The maximum Gasteiger partial charge on any atom is 0.337 e. The largest absolute Gasteiger partial charge is 0.468 e. The molecule has 0 N–H and O–H groups in total. The lowest BCUT2D eigenvalue weighted by atomic mass is 9.75. The van der Waals surface area contributed by atoms with Gasteiger partial charge in [0, 0.05) is 29.5 Å². The fraction of sp³-hybridized carbons (Fsp3) is 0.296. The van der Waals surface area contributed by atoms with Gasteiger partial charge in [0.15, 0.2) is 0 Å². The molecule has 1 aliphatic heterocycles. The lowest BCUT2D eigenvalue weighted by Crippen LogP contribution is -2.37. The number of hydrogen-bond donors (Lipinski definition) is 0. The monoisotopic (exact) mass is 476 g/mol. The van der Waals surface area contributed by atoms with E-state index in [1.54, 1.807) is 39.8 Å². The van der Waals surface area contributed by atoms with E-state index in [2.05, 4.69) is 4.99 Å². The van der Waals surface area contributed by atoms with Gasteiger partial charge in [0.05, 0.1) is 17.6 Å². The summed E-state index contributed by atoms with van der Waals surface area (Å²) >= 11 is 0. The molecule has 0 saturated carbocycles. The molecule has 0 amide bonds. The molecule has 182 valence electrons. The number of nitro benzene ring substituents is 1. The fourth-order valence-electron chi connectivity index (χ4n) is 4.12. The van der Waals surface area contributed by atoms with Crippen LogP contribution in [0.3, 0.4) is 0 Å². The molecule has 8 nitrogen and oxygen atoms in total. The van der Waals surface area contributed by atoms with Gasteiger partial charge in [0.25, 0.3) is 5.69 Å². The van der Waals surface area contributed by atoms with Crippen molar-refractivity contribution in [3.05, 3.63) is 93.2 Å². The van der Waals surface area contributed by atoms with Crippen LogP contribution in [0.2, 0.25) is 0 Å². The van der Waals surface area contributed by atoms with Gasteiger partial charge in [-0.1, -0.05) is 48.5 Å². The normalized spacial score (nSPS) is 18.3. The van der Waals surface area contributed by atoms with Gasteiger partial charge in [-0.25, -0.2) is 4.79 Å². The Morgan fingerprint density at radius 3 is 2.40 bits per heavy atom. The minimum Gasteiger partial charge on any atom is -0.468 e. The quantitative estimate of drug-likeness (QED) is 0.307. The molecule has 0 bridgehead atoms. The molecule has 0 aliphatic carbocycles. The molecule has 0 aromatic heterocycles. The maximum absolute atomic E-state index is 13.5. The van der Waals surface area contributed by atoms with E-state index in [1.807, 2.05) is 36.4 Å². The van der Waals surface area contributed by atoms with Crippen LogP contribution in [0, 0.1) is 16.0 Å². The van der Waals surface area contributed by atoms with Gasteiger partial charge in [-0.2, -0.15) is 0 Å². The Labute approximate surface area is 204 Å². The second kappa shape index (κ2) is 10.5. The van der Waals surface area contributed by atoms with Gasteiger partial charge in [0.1, 0.15) is 11.5 Å². The summed E-state index contributed by atoms with van der Waals surface area (Å²) < 4.78 is 10.9. The van der Waals surface area contributed by atoms with Crippen LogP contribution in [0.4, 0.5) is 5.69 Å². The third kappa shape index (κ3) is 5.90. The van der Waals surface area contributed by atoms with Gasteiger partial charge < -0.3 is 9.47 Å². The number of nitrogens with zero attached hydrogens (tertiary/aromatic N) is 2. The Bertz CT molecular complexity index is 1230. The second-order valence-corrected chi connectivity index (χ2v) is 8.82. The smallest absolute Gasteiger partial charge is 0.337 e. The van der Waals surface area contributed by atoms with Crippen molar-refractivity contribution in [2.24, 2.45) is 10.9 Å². The van der Waals surface area contributed by atoms with Crippen LogP contribution in [-0.2, 0) is 19.1 Å². The van der Waals surface area contributed by atoms with Crippen molar-refractivity contribution in [3.8, 4) is 0 Å². The van der Waals surface area contributed by atoms with Crippen LogP contribution < -0.4 is 0 Å². The van der Waals surface area contributed by atoms with Gasteiger partial charge in [0.2, 0.25) is 0 Å². The number of benzene rings is 2. The van der Waals surface area contributed by atoms with Crippen molar-refractivity contribution < 1.29 is 24.0 Å². The Hall–Kier alpha value is -4.07. The average Bonchev–Trinajstić information content (AvgIpc) is 2.82. The highest BCUT2D eigenvalue weighted by molar-refractivity contribution is 6.07. The van der Waals surface area contributed by atoms with E-state index in [0.717, 1.165) is 5.56 Å². The van der Waals surface area contributed by atoms with Gasteiger partial charge >= 0.3 is 11.9 Å². The van der Waals surface area contributed by atoms with Crippen molar-refractivity contribution in [1.82, 2.24) is 0 Å². The first-order chi connectivity index (χ1) is 16.5. The molecule has 1 aliphatic rings. The molecule has 35 heavy (non-hydrogen) atoms. The van der Waals surface area contributed by atoms with Crippen molar-refractivity contribution in [3.63, 3.8) is 0 Å². The summed E-state index contributed by atoms with van der Waals surface area (Å²) in [7, 11) is 1.25. The van der Waals surface area contributed by atoms with E-state index in [0.29, 0.717) is 17.0 Å². The summed E-state index contributed by atoms with van der Waals surface area (Å²) in [6, 6.07) is 15.5. The number of ether oxygens (including phenoxy) is 2. The third-order valence-corrected chi connectivity index (χ3v) is 5.78. The third-order valence-electron chi connectivity index (χ3n) is 5.78. The van der Waals surface area contributed by atoms with Crippen LogP contribution in [0.5, 0.6) is 0 Å². The van der Waals surface area contributed by atoms with Crippen LogP contribution >= 0.6 is 0 Å². The number of carbonyl (C=O) groups excluding carboxylic acids is 2. The highest BCUT2D eigenvalue weighted by Gasteiger charge is 2.43. The lowest BCUT2D eigenvalue weighted by molar-refractivity contribution is -0.384. The zero-order valence-electron chi connectivity index (χ0n) is 20.3. The molecular formula is C27H28N2O6. The van der Waals surface area contributed by atoms with E-state index in [9.17, 15) is 19.7 Å². The Morgan fingerprint density at radius 2 is 1.77 bits per heavy atom. The zero-order valence-corrected chi connectivity index (χ0v) is 20.3. The molecule has 1 heterocycles. The average molecular weight is 477 g/mol.